The molecule has 0 fully saturated rings. The van der Waals surface area contributed by atoms with Crippen molar-refractivity contribution in [2.45, 2.75) is 32.4 Å². The molecule has 0 saturated carbocycles. The van der Waals surface area contributed by atoms with Crippen LogP contribution in [0.5, 0.6) is 0 Å². The highest BCUT2D eigenvalue weighted by Gasteiger charge is 2.43. The van der Waals surface area contributed by atoms with E-state index < -0.39 is 23.8 Å². The third-order valence-electron chi connectivity index (χ3n) is 4.39. The normalized spacial score (nSPS) is 14.2. The van der Waals surface area contributed by atoms with Crippen molar-refractivity contribution in [1.82, 2.24) is 4.90 Å². The third kappa shape index (κ3) is 3.59. The van der Waals surface area contributed by atoms with Crippen LogP contribution in [0.2, 0.25) is 0 Å². The fourth-order valence-electron chi connectivity index (χ4n) is 3.07. The van der Waals surface area contributed by atoms with Crippen molar-refractivity contribution in [3.63, 3.8) is 0 Å². The van der Waals surface area contributed by atoms with Gasteiger partial charge in [-0.25, -0.2) is 0 Å². The molecule has 2 heterocycles. The van der Waals surface area contributed by atoms with E-state index in [9.17, 15) is 19.2 Å². The van der Waals surface area contributed by atoms with Crippen LogP contribution in [0.1, 0.15) is 46.2 Å². The molecule has 1 atom stereocenters. The van der Waals surface area contributed by atoms with Gasteiger partial charge in [0.2, 0.25) is 5.91 Å². The average Bonchev–Trinajstić information content (AvgIpc) is 3.22. The second kappa shape index (κ2) is 7.45. The summed E-state index contributed by atoms with van der Waals surface area (Å²) in [6.45, 7) is 1.70. The number of nitrogens with one attached hydrogen (secondary N) is 1. The lowest BCUT2D eigenvalue weighted by atomic mass is 10.1. The predicted molar refractivity (Wildman–Crippen MR) is 95.9 cm³/mol. The number of carbonyl (C=O) groups is 4. The summed E-state index contributed by atoms with van der Waals surface area (Å²) in [7, 11) is 0. The van der Waals surface area contributed by atoms with Crippen molar-refractivity contribution in [3.8, 4) is 0 Å². The Labute approximate surface area is 155 Å². The monoisotopic (exact) mass is 369 g/mol. The Hall–Kier alpha value is -3.42. The number of fused-ring (bicyclic) bond motifs is 1. The van der Waals surface area contributed by atoms with Crippen molar-refractivity contribution in [2.75, 3.05) is 5.32 Å². The fraction of sp³-hybridized carbons (Fsp3) is 0.263. The molecule has 3 rings (SSSR count). The summed E-state index contributed by atoms with van der Waals surface area (Å²) in [5, 5.41) is 3.07. The number of ketones is 1. The van der Waals surface area contributed by atoms with E-state index in [2.05, 4.69) is 5.32 Å². The Morgan fingerprint density at radius 2 is 1.96 bits per heavy atom. The summed E-state index contributed by atoms with van der Waals surface area (Å²) >= 11 is 0. The highest BCUT2D eigenvalue weighted by atomic mass is 16.3. The quantitative estimate of drug-likeness (QED) is 0.683. The Morgan fingerprint density at radius 1 is 1.19 bits per heavy atom. The molecule has 1 aromatic heterocycles. The summed E-state index contributed by atoms with van der Waals surface area (Å²) in [6.07, 6.45) is 1.59. The highest BCUT2D eigenvalue weighted by molar-refractivity contribution is 6.25. The number of hydrogen-bond acceptors (Lipinski definition) is 6. The van der Waals surface area contributed by atoms with Gasteiger partial charge in [0, 0.05) is 12.1 Å². The fourth-order valence-corrected chi connectivity index (χ4v) is 3.07. The van der Waals surface area contributed by atoms with Gasteiger partial charge in [-0.2, -0.15) is 0 Å². The number of hydrogen-bond donors (Lipinski definition) is 2. The van der Waals surface area contributed by atoms with Gasteiger partial charge in [0.05, 0.1) is 23.9 Å². The maximum atomic E-state index is 12.9. The summed E-state index contributed by atoms with van der Waals surface area (Å²) in [5.41, 5.74) is 6.23. The molecule has 140 valence electrons. The predicted octanol–water partition coefficient (Wildman–Crippen LogP) is 1.71. The number of rotatable bonds is 8. The van der Waals surface area contributed by atoms with Crippen LogP contribution in [0.25, 0.3) is 0 Å². The lowest BCUT2D eigenvalue weighted by Gasteiger charge is -2.23. The van der Waals surface area contributed by atoms with Crippen LogP contribution < -0.4 is 11.1 Å². The number of nitrogens with two attached hydrogens (primary N) is 1. The minimum absolute atomic E-state index is 0.00525. The zero-order chi connectivity index (χ0) is 19.6. The van der Waals surface area contributed by atoms with Crippen LogP contribution in [-0.2, 0) is 16.1 Å². The second-order valence-corrected chi connectivity index (χ2v) is 6.30. The molecule has 1 aliphatic rings. The number of nitrogens with zero attached hydrogens (tertiary/aromatic N) is 1. The van der Waals surface area contributed by atoms with Crippen molar-refractivity contribution in [1.29, 1.82) is 0 Å². The maximum Gasteiger partial charge on any atom is 0.264 e. The topological polar surface area (TPSA) is 123 Å². The van der Waals surface area contributed by atoms with E-state index in [1.165, 1.54) is 19.3 Å². The summed E-state index contributed by atoms with van der Waals surface area (Å²) in [4.78, 5) is 49.6. The molecule has 1 aliphatic heterocycles. The first-order valence-corrected chi connectivity index (χ1v) is 8.46. The van der Waals surface area contributed by atoms with Gasteiger partial charge in [0.15, 0.2) is 0 Å². The molecule has 3 N–H and O–H groups in total. The number of primary amides is 1. The van der Waals surface area contributed by atoms with E-state index in [-0.39, 0.29) is 29.8 Å². The molecule has 2 aromatic rings. The maximum absolute atomic E-state index is 12.9. The van der Waals surface area contributed by atoms with Gasteiger partial charge in [0.25, 0.3) is 11.8 Å². The summed E-state index contributed by atoms with van der Waals surface area (Å²) in [5.74, 6) is -1.51. The lowest BCUT2D eigenvalue weighted by molar-refractivity contribution is -0.122. The molecular formula is C19H19N3O5. The van der Waals surface area contributed by atoms with Gasteiger partial charge >= 0.3 is 0 Å². The second-order valence-electron chi connectivity index (χ2n) is 6.30. The Bertz CT molecular complexity index is 904. The van der Waals surface area contributed by atoms with E-state index in [0.29, 0.717) is 18.0 Å². The third-order valence-corrected chi connectivity index (χ3v) is 4.39. The SMILES string of the molecule is CC(=O)CCC(C(N)=O)N1C(=O)c2cccc(NCc3ccco3)c2C1=O. The van der Waals surface area contributed by atoms with Gasteiger partial charge in [-0.05, 0) is 37.6 Å². The zero-order valence-electron chi connectivity index (χ0n) is 14.7. The van der Waals surface area contributed by atoms with Crippen molar-refractivity contribution >= 4 is 29.2 Å². The molecule has 3 amide bonds. The van der Waals surface area contributed by atoms with Crippen molar-refractivity contribution in [2.24, 2.45) is 5.73 Å². The van der Waals surface area contributed by atoms with Gasteiger partial charge in [-0.3, -0.25) is 19.3 Å². The molecule has 0 spiro atoms. The van der Waals surface area contributed by atoms with Crippen LogP contribution in [0.3, 0.4) is 0 Å². The number of carbonyl (C=O) groups excluding carboxylic acids is 4. The molecule has 0 radical (unpaired) electrons. The molecule has 8 heteroatoms. The Kier molecular flexibility index (Phi) is 5.07. The van der Waals surface area contributed by atoms with Crippen LogP contribution in [0.15, 0.2) is 41.0 Å². The van der Waals surface area contributed by atoms with E-state index in [1.807, 2.05) is 0 Å². The molecule has 0 aliphatic carbocycles. The number of anilines is 1. The van der Waals surface area contributed by atoms with Crippen LogP contribution in [0.4, 0.5) is 5.69 Å². The number of imide groups is 1. The smallest absolute Gasteiger partial charge is 0.264 e. The minimum atomic E-state index is -1.17. The van der Waals surface area contributed by atoms with Gasteiger partial charge in [-0.1, -0.05) is 6.07 Å². The highest BCUT2D eigenvalue weighted by Crippen LogP contribution is 2.32. The Balaban J connectivity index is 1.88. The van der Waals surface area contributed by atoms with E-state index in [0.717, 1.165) is 4.90 Å². The van der Waals surface area contributed by atoms with Gasteiger partial charge < -0.3 is 20.3 Å². The van der Waals surface area contributed by atoms with Crippen LogP contribution in [0, 0.1) is 0 Å². The standard InChI is InChI=1S/C19H19N3O5/c1-11(23)7-8-15(17(20)24)22-18(25)13-5-2-6-14(16(13)19(22)26)21-10-12-4-3-9-27-12/h2-6,9,15,21H,7-8,10H2,1H3,(H2,20,24). The van der Waals surface area contributed by atoms with E-state index in [1.54, 1.807) is 24.3 Å². The van der Waals surface area contributed by atoms with Crippen LogP contribution in [-0.4, -0.2) is 34.4 Å². The first kappa shape index (κ1) is 18.4. The number of furan rings is 1. The molecule has 8 nitrogen and oxygen atoms in total. The molecular weight excluding hydrogens is 350 g/mol. The first-order chi connectivity index (χ1) is 12.9. The molecule has 27 heavy (non-hydrogen) atoms. The number of benzene rings is 1. The molecule has 0 saturated heterocycles. The zero-order valence-corrected chi connectivity index (χ0v) is 14.7. The molecule has 1 aromatic carbocycles. The van der Waals surface area contributed by atoms with Crippen molar-refractivity contribution in [3.05, 3.63) is 53.5 Å². The van der Waals surface area contributed by atoms with Crippen molar-refractivity contribution < 1.29 is 23.6 Å². The summed E-state index contributed by atoms with van der Waals surface area (Å²) < 4.78 is 5.25. The first-order valence-electron chi connectivity index (χ1n) is 8.46. The van der Waals surface area contributed by atoms with E-state index in [4.69, 9.17) is 10.2 Å². The molecule has 1 unspecified atom stereocenters. The average molecular weight is 369 g/mol. The molecule has 0 bridgehead atoms. The van der Waals surface area contributed by atoms with Gasteiger partial charge in [-0.15, -0.1) is 0 Å². The van der Waals surface area contributed by atoms with E-state index >= 15 is 0 Å². The largest absolute Gasteiger partial charge is 0.467 e. The van der Waals surface area contributed by atoms with Crippen LogP contribution >= 0.6 is 0 Å². The minimum Gasteiger partial charge on any atom is -0.467 e. The van der Waals surface area contributed by atoms with Gasteiger partial charge in [0.1, 0.15) is 17.6 Å². The summed E-state index contributed by atoms with van der Waals surface area (Å²) in [6, 6.07) is 7.20. The number of amides is 3. The lowest BCUT2D eigenvalue weighted by Crippen LogP contribution is -2.48. The Morgan fingerprint density at radius 3 is 2.59 bits per heavy atom. The number of Topliss-reactive ketones (excluding diaryl/α,β-unsaturated/α-hetero) is 1.